The molecule has 2 aliphatic rings. The Hall–Kier alpha value is -1.32. The second-order valence-corrected chi connectivity index (χ2v) is 8.41. The molecule has 2 nitrogen and oxygen atoms in total. The van der Waals surface area contributed by atoms with Gasteiger partial charge in [0.05, 0.1) is 5.92 Å². The van der Waals surface area contributed by atoms with Crippen molar-refractivity contribution in [3.05, 3.63) is 24.3 Å². The molecule has 4 heteroatoms. The first kappa shape index (κ1) is 19.4. The quantitative estimate of drug-likeness (QED) is 0.573. The van der Waals surface area contributed by atoms with Crippen molar-refractivity contribution in [1.29, 1.82) is 0 Å². The third-order valence-corrected chi connectivity index (χ3v) is 6.64. The highest BCUT2D eigenvalue weighted by molar-refractivity contribution is 5.41. The maximum absolute atomic E-state index is 14.5. The summed E-state index contributed by atoms with van der Waals surface area (Å²) in [7, 11) is 0. The molecule has 0 spiro atoms. The fraction of sp³-hybridized carbons (Fsp3) is 0.727. The summed E-state index contributed by atoms with van der Waals surface area (Å²) in [4.78, 5) is 0. The van der Waals surface area contributed by atoms with E-state index < -0.39 is 12.0 Å². The van der Waals surface area contributed by atoms with Gasteiger partial charge < -0.3 is 10.5 Å². The van der Waals surface area contributed by atoms with Crippen molar-refractivity contribution in [2.75, 3.05) is 5.73 Å². The van der Waals surface area contributed by atoms with Gasteiger partial charge in [-0.1, -0.05) is 32.6 Å². The molecule has 0 bridgehead atoms. The molecular formula is C22H33F2NO. The third-order valence-electron chi connectivity index (χ3n) is 6.64. The van der Waals surface area contributed by atoms with Crippen molar-refractivity contribution in [3.8, 4) is 5.75 Å². The zero-order valence-corrected chi connectivity index (χ0v) is 15.9. The number of nitrogen functional groups attached to an aromatic ring is 1. The Labute approximate surface area is 156 Å². The van der Waals surface area contributed by atoms with Crippen molar-refractivity contribution in [1.82, 2.24) is 0 Å². The summed E-state index contributed by atoms with van der Waals surface area (Å²) in [5.41, 5.74) is 6.15. The Morgan fingerprint density at radius 2 is 1.46 bits per heavy atom. The van der Waals surface area contributed by atoms with E-state index in [1.165, 1.54) is 50.7 Å². The number of hydrogen-bond donors (Lipinski definition) is 1. The normalized spacial score (nSPS) is 30.1. The zero-order chi connectivity index (χ0) is 18.6. The molecule has 2 aliphatic carbocycles. The first-order valence-corrected chi connectivity index (χ1v) is 10.4. The number of halogens is 2. The molecule has 146 valence electrons. The van der Waals surface area contributed by atoms with Gasteiger partial charge in [-0.15, -0.1) is 0 Å². The van der Waals surface area contributed by atoms with Crippen LogP contribution in [0.25, 0.3) is 0 Å². The number of anilines is 1. The van der Waals surface area contributed by atoms with Gasteiger partial charge in [0.15, 0.2) is 0 Å². The van der Waals surface area contributed by atoms with Crippen molar-refractivity contribution in [2.24, 2.45) is 23.7 Å². The first-order chi connectivity index (χ1) is 12.5. The van der Waals surface area contributed by atoms with Crippen LogP contribution in [0.1, 0.15) is 71.1 Å². The molecule has 0 amide bonds. The van der Waals surface area contributed by atoms with Gasteiger partial charge in [0, 0.05) is 5.69 Å². The smallest absolute Gasteiger partial charge is 0.400 e. The van der Waals surface area contributed by atoms with Crippen molar-refractivity contribution in [3.63, 3.8) is 0 Å². The fourth-order valence-corrected chi connectivity index (χ4v) is 5.06. The highest BCUT2D eigenvalue weighted by atomic mass is 19.3. The summed E-state index contributed by atoms with van der Waals surface area (Å²) >= 11 is 0. The highest BCUT2D eigenvalue weighted by Gasteiger charge is 2.45. The Kier molecular flexibility index (Phi) is 6.42. The van der Waals surface area contributed by atoms with Crippen LogP contribution in [0.15, 0.2) is 24.3 Å². The van der Waals surface area contributed by atoms with E-state index in [0.29, 0.717) is 24.4 Å². The van der Waals surface area contributed by atoms with Gasteiger partial charge in [0.2, 0.25) is 0 Å². The fourth-order valence-electron chi connectivity index (χ4n) is 5.06. The van der Waals surface area contributed by atoms with Crippen LogP contribution in [-0.4, -0.2) is 6.11 Å². The number of alkyl halides is 2. The predicted octanol–water partition coefficient (Wildman–Crippen LogP) is 6.65. The van der Waals surface area contributed by atoms with Crippen molar-refractivity contribution < 1.29 is 13.5 Å². The molecule has 2 fully saturated rings. The van der Waals surface area contributed by atoms with Gasteiger partial charge in [-0.3, -0.25) is 0 Å². The Balaban J connectivity index is 1.47. The van der Waals surface area contributed by atoms with E-state index in [1.54, 1.807) is 12.1 Å². The third kappa shape index (κ3) is 4.89. The summed E-state index contributed by atoms with van der Waals surface area (Å²) in [5, 5.41) is 0. The van der Waals surface area contributed by atoms with Crippen LogP contribution in [0.3, 0.4) is 0 Å². The van der Waals surface area contributed by atoms with E-state index in [4.69, 9.17) is 10.5 Å². The molecule has 26 heavy (non-hydrogen) atoms. The average Bonchev–Trinajstić information content (AvgIpc) is 2.65. The summed E-state index contributed by atoms with van der Waals surface area (Å²) < 4.78 is 34.1. The van der Waals surface area contributed by atoms with E-state index >= 15 is 0 Å². The second-order valence-electron chi connectivity index (χ2n) is 8.41. The molecule has 0 radical (unpaired) electrons. The van der Waals surface area contributed by atoms with Gasteiger partial charge in [0.1, 0.15) is 5.75 Å². The Morgan fingerprint density at radius 3 is 2.00 bits per heavy atom. The van der Waals surface area contributed by atoms with E-state index in [9.17, 15) is 8.78 Å². The SMILES string of the molecule is CCCC1CCC(C2CCC(C(F)(F)Oc3ccc(N)cc3)CC2)CC1. The highest BCUT2D eigenvalue weighted by Crippen LogP contribution is 2.45. The maximum Gasteiger partial charge on any atom is 0.400 e. The van der Waals surface area contributed by atoms with E-state index in [1.807, 2.05) is 0 Å². The minimum Gasteiger partial charge on any atom is -0.432 e. The van der Waals surface area contributed by atoms with E-state index in [-0.39, 0.29) is 5.75 Å². The van der Waals surface area contributed by atoms with Gasteiger partial charge >= 0.3 is 6.11 Å². The summed E-state index contributed by atoms with van der Waals surface area (Å²) in [5.74, 6) is 1.83. The largest absolute Gasteiger partial charge is 0.432 e. The predicted molar refractivity (Wildman–Crippen MR) is 102 cm³/mol. The number of rotatable bonds is 6. The maximum atomic E-state index is 14.5. The lowest BCUT2D eigenvalue weighted by atomic mass is 9.68. The molecule has 1 aromatic carbocycles. The minimum absolute atomic E-state index is 0.195. The van der Waals surface area contributed by atoms with E-state index in [0.717, 1.165) is 24.7 Å². The molecule has 0 aliphatic heterocycles. The van der Waals surface area contributed by atoms with Crippen molar-refractivity contribution in [2.45, 2.75) is 77.2 Å². The lowest BCUT2D eigenvalue weighted by Crippen LogP contribution is -2.38. The van der Waals surface area contributed by atoms with Crippen LogP contribution < -0.4 is 10.5 Å². The average molecular weight is 366 g/mol. The van der Waals surface area contributed by atoms with Crippen LogP contribution in [0.5, 0.6) is 5.75 Å². The van der Waals surface area contributed by atoms with E-state index in [2.05, 4.69) is 6.92 Å². The summed E-state index contributed by atoms with van der Waals surface area (Å²) in [6, 6.07) is 6.22. The van der Waals surface area contributed by atoms with Crippen molar-refractivity contribution >= 4 is 5.69 Å². The summed E-state index contributed by atoms with van der Waals surface area (Å²) in [6.07, 6.45) is 7.82. The molecule has 3 rings (SSSR count). The second kappa shape index (κ2) is 8.58. The minimum atomic E-state index is -3.10. The molecule has 0 unspecified atom stereocenters. The number of ether oxygens (including phenoxy) is 1. The summed E-state index contributed by atoms with van der Waals surface area (Å²) in [6.45, 7) is 2.26. The monoisotopic (exact) mass is 365 g/mol. The topological polar surface area (TPSA) is 35.2 Å². The lowest BCUT2D eigenvalue weighted by Gasteiger charge is -2.39. The molecule has 0 saturated heterocycles. The number of hydrogen-bond acceptors (Lipinski definition) is 2. The molecule has 2 saturated carbocycles. The van der Waals surface area contributed by atoms with Gasteiger partial charge in [-0.05, 0) is 80.5 Å². The molecule has 2 N–H and O–H groups in total. The zero-order valence-electron chi connectivity index (χ0n) is 15.9. The van der Waals surface area contributed by atoms with Crippen LogP contribution in [0, 0.1) is 23.7 Å². The Bertz CT molecular complexity index is 544. The van der Waals surface area contributed by atoms with Crippen LogP contribution in [0.4, 0.5) is 14.5 Å². The van der Waals surface area contributed by atoms with Gasteiger partial charge in [0.25, 0.3) is 0 Å². The molecule has 0 atom stereocenters. The lowest BCUT2D eigenvalue weighted by molar-refractivity contribution is -0.224. The number of benzene rings is 1. The first-order valence-electron chi connectivity index (χ1n) is 10.4. The van der Waals surface area contributed by atoms with Gasteiger partial charge in [-0.2, -0.15) is 8.78 Å². The molecule has 1 aromatic rings. The molecular weight excluding hydrogens is 332 g/mol. The number of nitrogens with two attached hydrogens (primary N) is 1. The van der Waals surface area contributed by atoms with Crippen LogP contribution in [-0.2, 0) is 0 Å². The Morgan fingerprint density at radius 1 is 0.923 bits per heavy atom. The van der Waals surface area contributed by atoms with Crippen LogP contribution in [0.2, 0.25) is 0 Å². The molecule has 0 heterocycles. The van der Waals surface area contributed by atoms with Gasteiger partial charge in [-0.25, -0.2) is 0 Å². The standard InChI is InChI=1S/C22H33F2NO/c1-2-3-16-4-6-17(7-5-16)18-8-10-19(11-9-18)22(23,24)26-21-14-12-20(25)13-15-21/h12-19H,2-11,25H2,1H3. The van der Waals surface area contributed by atoms with Crippen LogP contribution >= 0.6 is 0 Å². The molecule has 0 aromatic heterocycles.